The second-order valence-corrected chi connectivity index (χ2v) is 7.25. The zero-order valence-electron chi connectivity index (χ0n) is 15.0. The number of rotatable bonds is 7. The monoisotopic (exact) mass is 474 g/mol. The smallest absolute Gasteiger partial charge is 0.438 e. The highest BCUT2D eigenvalue weighted by Gasteiger charge is 2.38. The molecule has 144 valence electrons. The molecule has 0 saturated carbocycles. The van der Waals surface area contributed by atoms with Gasteiger partial charge < -0.3 is 38.5 Å². The van der Waals surface area contributed by atoms with Crippen LogP contribution in [0.3, 0.4) is 0 Å². The Labute approximate surface area is 164 Å². The van der Waals surface area contributed by atoms with Gasteiger partial charge in [-0.05, 0) is 19.4 Å². The first-order valence-electron chi connectivity index (χ1n) is 7.76. The van der Waals surface area contributed by atoms with Crippen molar-refractivity contribution in [1.82, 2.24) is 5.32 Å². The van der Waals surface area contributed by atoms with E-state index >= 15 is 0 Å². The Morgan fingerprint density at radius 2 is 1.72 bits per heavy atom. The molecule has 0 saturated heterocycles. The zero-order valence-corrected chi connectivity index (χ0v) is 17.1. The number of alkyl halides is 3. The molecule has 0 spiro atoms. The van der Waals surface area contributed by atoms with Crippen LogP contribution in [0.2, 0.25) is 0 Å². The highest BCUT2D eigenvalue weighted by atomic mass is 127. The van der Waals surface area contributed by atoms with E-state index in [4.69, 9.17) is 4.74 Å². The molecule has 0 atom stereocenters. The maximum atomic E-state index is 12.5. The minimum Gasteiger partial charge on any atom is -1.00 e. The van der Waals surface area contributed by atoms with E-state index in [1.807, 2.05) is 30.3 Å². The first-order valence-corrected chi connectivity index (χ1v) is 7.76. The molecule has 1 rings (SSSR count). The molecule has 1 amide bonds. The predicted octanol–water partition coefficient (Wildman–Crippen LogP) is 0.724. The number of nitrogens with one attached hydrogen (secondary N) is 1. The van der Waals surface area contributed by atoms with Crippen molar-refractivity contribution in [2.45, 2.75) is 38.6 Å². The van der Waals surface area contributed by atoms with E-state index in [1.165, 1.54) is 14.1 Å². The number of halogens is 4. The number of amides is 1. The van der Waals surface area contributed by atoms with Crippen molar-refractivity contribution in [3.8, 4) is 0 Å². The summed E-state index contributed by atoms with van der Waals surface area (Å²) in [7, 11) is 3.05. The van der Waals surface area contributed by atoms with Crippen LogP contribution in [0, 0.1) is 0 Å². The number of hydrogen-bond acceptors (Lipinski definition) is 2. The van der Waals surface area contributed by atoms with Gasteiger partial charge >= 0.3 is 12.3 Å². The summed E-state index contributed by atoms with van der Waals surface area (Å²) < 4.78 is 42.6. The average Bonchev–Trinajstić information content (AvgIpc) is 2.42. The van der Waals surface area contributed by atoms with Gasteiger partial charge in [0.1, 0.15) is 6.61 Å². The van der Waals surface area contributed by atoms with E-state index in [0.717, 1.165) is 5.56 Å². The van der Waals surface area contributed by atoms with Gasteiger partial charge in [-0.25, -0.2) is 4.79 Å². The Bertz CT molecular complexity index is 534. The summed E-state index contributed by atoms with van der Waals surface area (Å²) in [5.74, 6) is 0. The number of carbonyl (C=O) groups is 1. The summed E-state index contributed by atoms with van der Waals surface area (Å²) in [4.78, 5) is 11.9. The Morgan fingerprint density at radius 1 is 1.16 bits per heavy atom. The van der Waals surface area contributed by atoms with Gasteiger partial charge in [0.15, 0.2) is 6.54 Å². The van der Waals surface area contributed by atoms with Crippen LogP contribution >= 0.6 is 0 Å². The van der Waals surface area contributed by atoms with E-state index < -0.39 is 24.4 Å². The second-order valence-electron chi connectivity index (χ2n) is 7.25. The number of alkyl carbamates (subject to hydrolysis) is 1. The Morgan fingerprint density at radius 3 is 2.24 bits per heavy atom. The molecule has 4 nitrogen and oxygen atoms in total. The van der Waals surface area contributed by atoms with Gasteiger partial charge in [-0.2, -0.15) is 13.2 Å². The number of hydrogen-bond donors (Lipinski definition) is 1. The van der Waals surface area contributed by atoms with Gasteiger partial charge in [0.2, 0.25) is 0 Å². The van der Waals surface area contributed by atoms with Gasteiger partial charge in [-0.1, -0.05) is 30.3 Å². The fourth-order valence-corrected chi connectivity index (χ4v) is 2.24. The maximum absolute atomic E-state index is 12.5. The van der Waals surface area contributed by atoms with Crippen LogP contribution in [0.1, 0.15) is 25.8 Å². The molecule has 0 radical (unpaired) electrons. The molecular formula is C17H26F3IN2O2. The minimum absolute atomic E-state index is 0. The van der Waals surface area contributed by atoms with Crippen molar-refractivity contribution in [3.05, 3.63) is 35.9 Å². The van der Waals surface area contributed by atoms with E-state index in [9.17, 15) is 18.0 Å². The van der Waals surface area contributed by atoms with Crippen LogP contribution in [-0.4, -0.2) is 49.5 Å². The summed E-state index contributed by atoms with van der Waals surface area (Å²) in [5, 5.41) is 2.71. The van der Waals surface area contributed by atoms with Crippen LogP contribution < -0.4 is 29.3 Å². The summed E-state index contributed by atoms with van der Waals surface area (Å²) in [6, 6.07) is 9.25. The Kier molecular flexibility index (Phi) is 9.21. The third-order valence-electron chi connectivity index (χ3n) is 3.60. The molecule has 0 aliphatic heterocycles. The average molecular weight is 474 g/mol. The summed E-state index contributed by atoms with van der Waals surface area (Å²) in [6.07, 6.45) is -4.39. The van der Waals surface area contributed by atoms with Crippen molar-refractivity contribution in [1.29, 1.82) is 0 Å². The van der Waals surface area contributed by atoms with Gasteiger partial charge in [0.05, 0.1) is 20.6 Å². The van der Waals surface area contributed by atoms with Crippen LogP contribution in [-0.2, 0) is 11.3 Å². The van der Waals surface area contributed by atoms with Gasteiger partial charge in [-0.3, -0.25) is 0 Å². The van der Waals surface area contributed by atoms with Gasteiger partial charge in [0.25, 0.3) is 0 Å². The maximum Gasteiger partial charge on any atom is 0.438 e. The van der Waals surface area contributed by atoms with Crippen LogP contribution in [0.4, 0.5) is 18.0 Å². The van der Waals surface area contributed by atoms with Crippen molar-refractivity contribution < 1.29 is 51.2 Å². The molecule has 1 aromatic carbocycles. The number of nitrogens with zero attached hydrogens (tertiary/aromatic N) is 1. The molecule has 1 N–H and O–H groups in total. The number of ether oxygens (including phenoxy) is 1. The second kappa shape index (κ2) is 9.61. The lowest BCUT2D eigenvalue weighted by Gasteiger charge is -2.34. The quantitative estimate of drug-likeness (QED) is 0.468. The normalized spacial score (nSPS) is 12.3. The largest absolute Gasteiger partial charge is 1.00 e. The summed E-state index contributed by atoms with van der Waals surface area (Å²) in [6.45, 7) is 3.07. The molecule has 0 heterocycles. The van der Waals surface area contributed by atoms with E-state index in [-0.39, 0.29) is 41.6 Å². The van der Waals surface area contributed by atoms with Crippen LogP contribution in [0.15, 0.2) is 30.3 Å². The molecule has 0 aliphatic rings. The van der Waals surface area contributed by atoms with Crippen molar-refractivity contribution in [2.24, 2.45) is 0 Å². The SMILES string of the molecule is CC(C)(CC[N+](C)(C)CC(F)(F)F)NC(=O)OCc1ccccc1.[I-]. The molecule has 0 bridgehead atoms. The van der Waals surface area contributed by atoms with Crippen molar-refractivity contribution in [3.63, 3.8) is 0 Å². The Balaban J connectivity index is 0.00000576. The van der Waals surface area contributed by atoms with Gasteiger partial charge in [-0.15, -0.1) is 0 Å². The van der Waals surface area contributed by atoms with Crippen LogP contribution in [0.25, 0.3) is 0 Å². The van der Waals surface area contributed by atoms with E-state index in [2.05, 4.69) is 5.32 Å². The molecule has 0 aliphatic carbocycles. The van der Waals surface area contributed by atoms with E-state index in [0.29, 0.717) is 6.42 Å². The lowest BCUT2D eigenvalue weighted by Crippen LogP contribution is -3.00. The molecular weight excluding hydrogens is 448 g/mol. The van der Waals surface area contributed by atoms with Crippen LogP contribution in [0.5, 0.6) is 0 Å². The van der Waals surface area contributed by atoms with Crippen molar-refractivity contribution >= 4 is 6.09 Å². The first-order chi connectivity index (χ1) is 10.9. The highest BCUT2D eigenvalue weighted by molar-refractivity contribution is 5.68. The molecule has 0 fully saturated rings. The molecule has 0 aromatic heterocycles. The topological polar surface area (TPSA) is 38.3 Å². The highest BCUT2D eigenvalue weighted by Crippen LogP contribution is 2.21. The fraction of sp³-hybridized carbons (Fsp3) is 0.588. The Hall–Kier alpha value is -1.03. The lowest BCUT2D eigenvalue weighted by atomic mass is 10.0. The lowest BCUT2D eigenvalue weighted by molar-refractivity contribution is -0.901. The molecule has 1 aromatic rings. The number of benzene rings is 1. The standard InChI is InChI=1S/C17H25F3N2O2.HI/c1-16(2,10-11-22(3,4)13-17(18,19)20)21-15(23)24-12-14-8-6-5-7-9-14;/h5-9H,10-13H2,1-4H3;1H. The third-order valence-corrected chi connectivity index (χ3v) is 3.60. The summed E-state index contributed by atoms with van der Waals surface area (Å²) in [5.41, 5.74) is 0.211. The van der Waals surface area contributed by atoms with Gasteiger partial charge in [0, 0.05) is 12.0 Å². The first kappa shape index (κ1) is 24.0. The molecule has 8 heteroatoms. The van der Waals surface area contributed by atoms with E-state index in [1.54, 1.807) is 13.8 Å². The molecule has 25 heavy (non-hydrogen) atoms. The summed E-state index contributed by atoms with van der Waals surface area (Å²) >= 11 is 0. The third kappa shape index (κ3) is 11.2. The minimum atomic E-state index is -4.21. The predicted molar refractivity (Wildman–Crippen MR) is 86.4 cm³/mol. The number of quaternary nitrogens is 1. The molecule has 0 unspecified atom stereocenters. The van der Waals surface area contributed by atoms with Crippen molar-refractivity contribution in [2.75, 3.05) is 27.2 Å². The fourth-order valence-electron chi connectivity index (χ4n) is 2.24. The number of carbonyl (C=O) groups excluding carboxylic acids is 1. The zero-order chi connectivity index (χ0) is 18.4.